The van der Waals surface area contributed by atoms with Crippen LogP contribution in [-0.4, -0.2) is 67.5 Å². The number of hydrogen-bond acceptors (Lipinski definition) is 5. The third-order valence-corrected chi connectivity index (χ3v) is 6.51. The van der Waals surface area contributed by atoms with Gasteiger partial charge in [-0.15, -0.1) is 0 Å². The number of carbonyl (C=O) groups is 1. The number of benzene rings is 2. The zero-order valence-electron chi connectivity index (χ0n) is 20.0. The Labute approximate surface area is 200 Å². The molecule has 0 unspecified atom stereocenters. The first-order chi connectivity index (χ1) is 16.4. The summed E-state index contributed by atoms with van der Waals surface area (Å²) in [6, 6.07) is 15.9. The summed E-state index contributed by atoms with van der Waals surface area (Å²) in [5, 5.41) is 0. The second kappa shape index (κ2) is 10.8. The van der Waals surface area contributed by atoms with E-state index in [-0.39, 0.29) is 24.4 Å². The molecule has 1 aliphatic rings. The van der Waals surface area contributed by atoms with E-state index in [0.29, 0.717) is 5.75 Å². The summed E-state index contributed by atoms with van der Waals surface area (Å²) in [5.74, 6) is 1.04. The number of likely N-dealkylation sites (N-methyl/N-ethyl adjacent to an activating group) is 2. The minimum absolute atomic E-state index is 0.0623. The van der Waals surface area contributed by atoms with Gasteiger partial charge < -0.3 is 19.0 Å². The lowest BCUT2D eigenvalue weighted by Gasteiger charge is -2.32. The van der Waals surface area contributed by atoms with Gasteiger partial charge in [0.15, 0.2) is 6.61 Å². The lowest BCUT2D eigenvalue weighted by Crippen LogP contribution is -2.43. The second-order valence-corrected chi connectivity index (χ2v) is 8.89. The highest BCUT2D eigenvalue weighted by Gasteiger charge is 2.21. The molecule has 3 aromatic rings. The molecule has 7 heteroatoms. The molecule has 1 fully saturated rings. The summed E-state index contributed by atoms with van der Waals surface area (Å²) >= 11 is 0. The molecule has 1 aromatic heterocycles. The van der Waals surface area contributed by atoms with E-state index in [1.807, 2.05) is 31.2 Å². The number of piperazine rings is 1. The zero-order chi connectivity index (χ0) is 24.1. The van der Waals surface area contributed by atoms with Crippen LogP contribution >= 0.6 is 0 Å². The van der Waals surface area contributed by atoms with Crippen LogP contribution in [0.5, 0.6) is 5.75 Å². The second-order valence-electron chi connectivity index (χ2n) is 8.89. The van der Waals surface area contributed by atoms with Crippen LogP contribution in [0.1, 0.15) is 24.3 Å². The average Bonchev–Trinajstić information content (AvgIpc) is 3.39. The van der Waals surface area contributed by atoms with Crippen molar-refractivity contribution in [1.82, 2.24) is 14.7 Å². The maximum Gasteiger partial charge on any atom is 0.260 e. The summed E-state index contributed by atoms with van der Waals surface area (Å²) in [6.07, 6.45) is 1.61. The van der Waals surface area contributed by atoms with Crippen LogP contribution in [0.25, 0.3) is 11.1 Å². The third-order valence-electron chi connectivity index (χ3n) is 6.51. The van der Waals surface area contributed by atoms with Crippen molar-refractivity contribution in [2.24, 2.45) is 0 Å². The highest BCUT2D eigenvalue weighted by Crippen LogP contribution is 2.29. The third kappa shape index (κ3) is 5.85. The smallest absolute Gasteiger partial charge is 0.260 e. The molecule has 0 bridgehead atoms. The Morgan fingerprint density at radius 1 is 1.09 bits per heavy atom. The highest BCUT2D eigenvalue weighted by atomic mass is 19.1. The fourth-order valence-corrected chi connectivity index (χ4v) is 4.09. The predicted molar refractivity (Wildman–Crippen MR) is 130 cm³/mol. The molecule has 1 atom stereocenters. The molecule has 1 amide bonds. The van der Waals surface area contributed by atoms with Crippen molar-refractivity contribution < 1.29 is 18.3 Å². The van der Waals surface area contributed by atoms with E-state index in [2.05, 4.69) is 22.9 Å². The molecule has 4 rings (SSSR count). The normalized spacial score (nSPS) is 15.8. The zero-order valence-corrected chi connectivity index (χ0v) is 20.0. The summed E-state index contributed by atoms with van der Waals surface area (Å²) in [6.45, 7) is 6.56. The van der Waals surface area contributed by atoms with Crippen LogP contribution in [0, 0.1) is 5.82 Å². The van der Waals surface area contributed by atoms with Crippen molar-refractivity contribution in [2.75, 3.05) is 46.9 Å². The van der Waals surface area contributed by atoms with Crippen LogP contribution < -0.4 is 4.74 Å². The summed E-state index contributed by atoms with van der Waals surface area (Å²) in [4.78, 5) is 19.2. The molecule has 180 valence electrons. The molecule has 2 heterocycles. The minimum Gasteiger partial charge on any atom is -0.483 e. The van der Waals surface area contributed by atoms with Gasteiger partial charge in [0.25, 0.3) is 5.91 Å². The Morgan fingerprint density at radius 2 is 1.79 bits per heavy atom. The van der Waals surface area contributed by atoms with Gasteiger partial charge in [0.2, 0.25) is 0 Å². The molecule has 6 nitrogen and oxygen atoms in total. The first kappa shape index (κ1) is 24.0. The molecule has 0 radical (unpaired) electrons. The lowest BCUT2D eigenvalue weighted by atomic mass is 10.0. The van der Waals surface area contributed by atoms with E-state index < -0.39 is 0 Å². The number of carbonyl (C=O) groups excluding carboxylic acids is 1. The average molecular weight is 466 g/mol. The van der Waals surface area contributed by atoms with E-state index in [1.165, 1.54) is 12.1 Å². The molecule has 2 aromatic carbocycles. The van der Waals surface area contributed by atoms with Crippen LogP contribution in [0.15, 0.2) is 65.3 Å². The number of nitrogens with zero attached hydrogens (tertiary/aromatic N) is 3. The van der Waals surface area contributed by atoms with E-state index in [4.69, 9.17) is 9.15 Å². The number of amides is 1. The van der Waals surface area contributed by atoms with E-state index in [9.17, 15) is 9.18 Å². The molecule has 0 spiro atoms. The van der Waals surface area contributed by atoms with Crippen molar-refractivity contribution >= 4 is 5.91 Å². The standard InChI is InChI=1S/C27H32FN3O3/c1-20(25-5-4-16-33-25)30(3)27(32)19-34-26-11-8-22(21-6-9-24(28)10-7-21)17-23(26)18-31-14-12-29(2)13-15-31/h4-11,16-17,20H,12-15,18-19H2,1-3H3/t20-/m1/s1. The Kier molecular flexibility index (Phi) is 7.65. The van der Waals surface area contributed by atoms with E-state index in [1.54, 1.807) is 30.3 Å². The molecule has 34 heavy (non-hydrogen) atoms. The van der Waals surface area contributed by atoms with E-state index in [0.717, 1.165) is 55.2 Å². The Hall–Kier alpha value is -3.16. The summed E-state index contributed by atoms with van der Waals surface area (Å²) in [5.41, 5.74) is 2.95. The first-order valence-electron chi connectivity index (χ1n) is 11.6. The summed E-state index contributed by atoms with van der Waals surface area (Å²) in [7, 11) is 3.88. The molecule has 1 aliphatic heterocycles. The number of furan rings is 1. The van der Waals surface area contributed by atoms with Gasteiger partial charge >= 0.3 is 0 Å². The maximum atomic E-state index is 13.4. The molecule has 0 aliphatic carbocycles. The Morgan fingerprint density at radius 3 is 2.47 bits per heavy atom. The van der Waals surface area contributed by atoms with Crippen LogP contribution in [-0.2, 0) is 11.3 Å². The van der Waals surface area contributed by atoms with Gasteiger partial charge in [0, 0.05) is 45.3 Å². The van der Waals surface area contributed by atoms with Crippen molar-refractivity contribution in [1.29, 1.82) is 0 Å². The number of hydrogen-bond donors (Lipinski definition) is 0. The maximum absolute atomic E-state index is 13.4. The fraction of sp³-hybridized carbons (Fsp3) is 0.370. The van der Waals surface area contributed by atoms with Crippen LogP contribution in [0.4, 0.5) is 4.39 Å². The molecule has 0 saturated carbocycles. The van der Waals surface area contributed by atoms with Gasteiger partial charge in [-0.3, -0.25) is 9.69 Å². The van der Waals surface area contributed by atoms with Crippen molar-refractivity contribution in [3.8, 4) is 16.9 Å². The topological polar surface area (TPSA) is 49.2 Å². The van der Waals surface area contributed by atoms with Crippen LogP contribution in [0.3, 0.4) is 0 Å². The predicted octanol–water partition coefficient (Wildman–Crippen LogP) is 4.43. The van der Waals surface area contributed by atoms with Gasteiger partial charge in [-0.05, 0) is 61.5 Å². The SMILES string of the molecule is C[C@H](c1ccco1)N(C)C(=O)COc1ccc(-c2ccc(F)cc2)cc1CN1CCN(C)CC1. The van der Waals surface area contributed by atoms with Crippen LogP contribution in [0.2, 0.25) is 0 Å². The fourth-order valence-electron chi connectivity index (χ4n) is 4.09. The van der Waals surface area contributed by atoms with Gasteiger partial charge in [0.05, 0.1) is 12.3 Å². The molecular formula is C27H32FN3O3. The molecule has 0 N–H and O–H groups in total. The molecule has 1 saturated heterocycles. The van der Waals surface area contributed by atoms with Gasteiger partial charge in [-0.25, -0.2) is 4.39 Å². The lowest BCUT2D eigenvalue weighted by molar-refractivity contribution is -0.134. The van der Waals surface area contributed by atoms with E-state index >= 15 is 0 Å². The highest BCUT2D eigenvalue weighted by molar-refractivity contribution is 5.78. The van der Waals surface area contributed by atoms with Gasteiger partial charge in [-0.1, -0.05) is 18.2 Å². The quantitative estimate of drug-likeness (QED) is 0.493. The first-order valence-corrected chi connectivity index (χ1v) is 11.6. The van der Waals surface area contributed by atoms with Gasteiger partial charge in [-0.2, -0.15) is 0 Å². The monoisotopic (exact) mass is 465 g/mol. The number of rotatable bonds is 8. The molecular weight excluding hydrogens is 433 g/mol. The summed E-state index contributed by atoms with van der Waals surface area (Å²) < 4.78 is 24.9. The van der Waals surface area contributed by atoms with Crippen molar-refractivity contribution in [2.45, 2.75) is 19.5 Å². The van der Waals surface area contributed by atoms with Crippen molar-refractivity contribution in [3.05, 3.63) is 78.0 Å². The number of ether oxygens (including phenoxy) is 1. The minimum atomic E-state index is -0.257. The largest absolute Gasteiger partial charge is 0.483 e. The number of halogens is 1. The van der Waals surface area contributed by atoms with Crippen molar-refractivity contribution in [3.63, 3.8) is 0 Å². The van der Waals surface area contributed by atoms with Gasteiger partial charge in [0.1, 0.15) is 17.3 Å². The Bertz CT molecular complexity index is 1080. The Balaban J connectivity index is 1.50.